The van der Waals surface area contributed by atoms with Gasteiger partial charge in [0.05, 0.1) is 23.2 Å². The first kappa shape index (κ1) is 32.6. The maximum absolute atomic E-state index is 14.2. The quantitative estimate of drug-likeness (QED) is 0.224. The zero-order valence-electron chi connectivity index (χ0n) is 22.8. The summed E-state index contributed by atoms with van der Waals surface area (Å²) < 4.78 is 112. The van der Waals surface area contributed by atoms with E-state index in [0.717, 1.165) is 28.9 Å². The third-order valence-corrected chi connectivity index (χ3v) is 8.00. The van der Waals surface area contributed by atoms with Crippen molar-refractivity contribution < 1.29 is 44.7 Å². The number of rotatable bonds is 8. The third-order valence-electron chi connectivity index (χ3n) is 8.00. The number of nitrogens with two attached hydrogens (primary N) is 1. The Bertz CT molecular complexity index is 1830. The lowest BCUT2D eigenvalue weighted by atomic mass is 9.94. The Kier molecular flexibility index (Phi) is 8.15. The molecule has 0 bridgehead atoms. The van der Waals surface area contributed by atoms with Crippen LogP contribution in [0.2, 0.25) is 0 Å². The number of halogens is 8. The first-order valence-electron chi connectivity index (χ1n) is 13.5. The lowest BCUT2D eigenvalue weighted by molar-refractivity contribution is -0.142. The van der Waals surface area contributed by atoms with Crippen LogP contribution in [-0.4, -0.2) is 32.5 Å². The highest BCUT2D eigenvalue weighted by molar-refractivity contribution is 5.94. The van der Waals surface area contributed by atoms with Gasteiger partial charge in [-0.25, -0.2) is 22.0 Å². The van der Waals surface area contributed by atoms with Crippen molar-refractivity contribution in [2.45, 2.75) is 50.9 Å². The zero-order valence-corrected chi connectivity index (χ0v) is 22.8. The number of aromatic nitrogens is 3. The van der Waals surface area contributed by atoms with Gasteiger partial charge in [-0.1, -0.05) is 19.6 Å². The molecule has 0 spiro atoms. The number of carbonyl (C=O) groups is 2. The van der Waals surface area contributed by atoms with E-state index in [4.69, 9.17) is 5.73 Å². The van der Waals surface area contributed by atoms with Gasteiger partial charge in [0.2, 0.25) is 5.91 Å². The molecule has 0 radical (unpaired) electrons. The average molecular weight is 652 g/mol. The van der Waals surface area contributed by atoms with E-state index < -0.39 is 89.0 Å². The summed E-state index contributed by atoms with van der Waals surface area (Å²) in [5.74, 6) is -10.9. The molecule has 4 aromatic rings. The number of hydrogen-bond donors (Lipinski definition) is 2. The van der Waals surface area contributed by atoms with E-state index in [2.05, 4.69) is 15.4 Å². The van der Waals surface area contributed by atoms with E-state index >= 15 is 0 Å². The Morgan fingerprint density at radius 3 is 2.41 bits per heavy atom. The second-order valence-electron chi connectivity index (χ2n) is 10.9. The molecule has 0 saturated heterocycles. The molecule has 46 heavy (non-hydrogen) atoms. The van der Waals surface area contributed by atoms with Gasteiger partial charge in [-0.3, -0.25) is 19.3 Å². The molecule has 2 aliphatic rings. The standard InChI is InChI=1S/C30H21F8N5O2.CH4/c31-15-6-13(7-16(32)10-15)8-21(26-17(2-1-5-40-26)14-3-4-20(33)18(9-14)28(39)45)41-23(44)12-43-22-11-19-25(29(19,34)35)24(22)27(42-43)30(36,37)38;/h1-7,9-10,19,21,25H,8,11-12H2,(H2,39,45)(H,41,44);1H4. The normalized spacial score (nSPS) is 18.3. The summed E-state index contributed by atoms with van der Waals surface area (Å²) in [4.78, 5) is 29.4. The molecule has 7 nitrogen and oxygen atoms in total. The molecule has 2 amide bonds. The Labute approximate surface area is 256 Å². The number of primary amides is 1. The number of pyridine rings is 1. The van der Waals surface area contributed by atoms with Crippen LogP contribution in [0.5, 0.6) is 0 Å². The fourth-order valence-corrected chi connectivity index (χ4v) is 6.02. The second-order valence-corrected chi connectivity index (χ2v) is 10.9. The van der Waals surface area contributed by atoms with E-state index in [0.29, 0.717) is 6.07 Å². The van der Waals surface area contributed by atoms with Gasteiger partial charge in [0.15, 0.2) is 5.69 Å². The molecule has 3 atom stereocenters. The summed E-state index contributed by atoms with van der Waals surface area (Å²) in [5.41, 5.74) is 3.32. The minimum atomic E-state index is -5.04. The monoisotopic (exact) mass is 651 g/mol. The third kappa shape index (κ3) is 5.81. The lowest BCUT2D eigenvalue weighted by Crippen LogP contribution is -2.34. The highest BCUT2D eigenvalue weighted by atomic mass is 19.4. The van der Waals surface area contributed by atoms with Crippen molar-refractivity contribution in [2.24, 2.45) is 11.7 Å². The van der Waals surface area contributed by atoms with Crippen LogP contribution in [0.3, 0.4) is 0 Å². The molecule has 3 N–H and O–H groups in total. The molecule has 15 heteroatoms. The van der Waals surface area contributed by atoms with Gasteiger partial charge < -0.3 is 11.1 Å². The van der Waals surface area contributed by atoms with Crippen molar-refractivity contribution in [1.82, 2.24) is 20.1 Å². The van der Waals surface area contributed by atoms with E-state index in [1.165, 1.54) is 24.4 Å². The highest BCUT2D eigenvalue weighted by Crippen LogP contribution is 2.68. The second kappa shape index (κ2) is 11.5. The number of benzene rings is 2. The van der Waals surface area contributed by atoms with Crippen molar-refractivity contribution >= 4 is 11.8 Å². The summed E-state index contributed by atoms with van der Waals surface area (Å²) >= 11 is 0. The van der Waals surface area contributed by atoms with Gasteiger partial charge in [-0.15, -0.1) is 0 Å². The predicted molar refractivity (Wildman–Crippen MR) is 148 cm³/mol. The van der Waals surface area contributed by atoms with Gasteiger partial charge in [0, 0.05) is 35.0 Å². The topological polar surface area (TPSA) is 103 Å². The minimum Gasteiger partial charge on any atom is -0.366 e. The zero-order chi connectivity index (χ0) is 32.4. The molecule has 1 saturated carbocycles. The molecule has 3 unspecified atom stereocenters. The van der Waals surface area contributed by atoms with Crippen LogP contribution >= 0.6 is 0 Å². The average Bonchev–Trinajstić information content (AvgIpc) is 3.23. The summed E-state index contributed by atoms with van der Waals surface area (Å²) in [6, 6.07) is 7.96. The fourth-order valence-electron chi connectivity index (χ4n) is 6.02. The SMILES string of the molecule is C.NC(=O)c1cc(-c2cccnc2C(Cc2cc(F)cc(F)c2)NC(=O)Cn2nc(C(F)(F)F)c3c2CC2C3C2(F)F)ccc1F. The van der Waals surface area contributed by atoms with Gasteiger partial charge in [-0.05, 0) is 54.3 Å². The fraction of sp³-hybridized carbons (Fsp3) is 0.290. The maximum atomic E-state index is 14.2. The van der Waals surface area contributed by atoms with Gasteiger partial charge in [-0.2, -0.15) is 18.3 Å². The number of fused-ring (bicyclic) bond motifs is 3. The van der Waals surface area contributed by atoms with Crippen LogP contribution in [0.1, 0.15) is 58.0 Å². The number of carbonyl (C=O) groups excluding carboxylic acids is 2. The van der Waals surface area contributed by atoms with Crippen molar-refractivity contribution in [1.29, 1.82) is 0 Å². The van der Waals surface area contributed by atoms with Crippen LogP contribution in [-0.2, 0) is 30.4 Å². The minimum absolute atomic E-state index is 0. The largest absolute Gasteiger partial charge is 0.435 e. The number of nitrogens with one attached hydrogen (secondary N) is 1. The Balaban J connectivity index is 0.00000417. The molecule has 2 aliphatic carbocycles. The van der Waals surface area contributed by atoms with Crippen molar-refractivity contribution in [2.75, 3.05) is 0 Å². The predicted octanol–water partition coefficient (Wildman–Crippen LogP) is 6.12. The first-order chi connectivity index (χ1) is 21.1. The van der Waals surface area contributed by atoms with Crippen LogP contribution in [0, 0.1) is 23.4 Å². The number of alkyl halides is 5. The lowest BCUT2D eigenvalue weighted by Gasteiger charge is -2.22. The number of hydrogen-bond acceptors (Lipinski definition) is 4. The van der Waals surface area contributed by atoms with Gasteiger partial charge in [0.1, 0.15) is 24.0 Å². The van der Waals surface area contributed by atoms with E-state index in [9.17, 15) is 44.7 Å². The summed E-state index contributed by atoms with van der Waals surface area (Å²) in [6.07, 6.45) is -4.36. The van der Waals surface area contributed by atoms with E-state index in [1.807, 2.05) is 0 Å². The molecule has 242 valence electrons. The number of nitrogens with zero attached hydrogens (tertiary/aromatic N) is 3. The molecule has 6 rings (SSSR count). The molecule has 2 heterocycles. The van der Waals surface area contributed by atoms with Crippen molar-refractivity contribution in [3.63, 3.8) is 0 Å². The van der Waals surface area contributed by atoms with Gasteiger partial charge in [0.25, 0.3) is 11.8 Å². The molecule has 0 aliphatic heterocycles. The van der Waals surface area contributed by atoms with E-state index in [-0.39, 0.29) is 41.9 Å². The van der Waals surface area contributed by atoms with Crippen LogP contribution in [0.15, 0.2) is 54.7 Å². The Morgan fingerprint density at radius 1 is 1.07 bits per heavy atom. The first-order valence-corrected chi connectivity index (χ1v) is 13.5. The molecule has 2 aromatic heterocycles. The smallest absolute Gasteiger partial charge is 0.366 e. The number of amides is 2. The van der Waals surface area contributed by atoms with Crippen molar-refractivity contribution in [3.05, 3.63) is 106 Å². The summed E-state index contributed by atoms with van der Waals surface area (Å²) in [5, 5.41) is 6.08. The van der Waals surface area contributed by atoms with Crippen LogP contribution in [0.25, 0.3) is 11.1 Å². The summed E-state index contributed by atoms with van der Waals surface area (Å²) in [6.45, 7) is -0.790. The van der Waals surface area contributed by atoms with Gasteiger partial charge >= 0.3 is 6.18 Å². The van der Waals surface area contributed by atoms with Crippen molar-refractivity contribution in [3.8, 4) is 11.1 Å². The highest BCUT2D eigenvalue weighted by Gasteiger charge is 2.74. The molecule has 2 aromatic carbocycles. The van der Waals surface area contributed by atoms with Crippen LogP contribution in [0.4, 0.5) is 35.1 Å². The Morgan fingerprint density at radius 2 is 1.76 bits per heavy atom. The molecular weight excluding hydrogens is 626 g/mol. The summed E-state index contributed by atoms with van der Waals surface area (Å²) in [7, 11) is 0. The maximum Gasteiger partial charge on any atom is 0.435 e. The molecule has 1 fully saturated rings. The van der Waals surface area contributed by atoms with E-state index in [1.54, 1.807) is 0 Å². The Hall–Kier alpha value is -4.82. The van der Waals surface area contributed by atoms with Crippen LogP contribution < -0.4 is 11.1 Å². The molecular formula is C31H25F8N5O2.